The molecule has 0 fully saturated rings. The molecule has 0 amide bonds. The van der Waals surface area contributed by atoms with Crippen LogP contribution in [0.15, 0.2) is 47.7 Å². The summed E-state index contributed by atoms with van der Waals surface area (Å²) in [5.41, 5.74) is 2.53. The van der Waals surface area contributed by atoms with E-state index in [1.54, 1.807) is 0 Å². The zero-order valence-electron chi connectivity index (χ0n) is 17.2. The summed E-state index contributed by atoms with van der Waals surface area (Å²) in [6, 6.07) is 11.1. The Bertz CT molecular complexity index is 679. The summed E-state index contributed by atoms with van der Waals surface area (Å²) in [7, 11) is 2.18. The van der Waals surface area contributed by atoms with Crippen LogP contribution in [0.25, 0.3) is 0 Å². The van der Waals surface area contributed by atoms with Crippen LogP contribution < -0.4 is 10.6 Å². The van der Waals surface area contributed by atoms with E-state index in [2.05, 4.69) is 85.0 Å². The molecule has 1 unspecified atom stereocenters. The van der Waals surface area contributed by atoms with Gasteiger partial charge in [0.15, 0.2) is 5.96 Å². The first kappa shape index (κ1) is 21.0. The van der Waals surface area contributed by atoms with Gasteiger partial charge < -0.3 is 10.6 Å². The van der Waals surface area contributed by atoms with Gasteiger partial charge in [-0.25, -0.2) is 0 Å². The van der Waals surface area contributed by atoms with Gasteiger partial charge in [0.25, 0.3) is 0 Å². The maximum atomic E-state index is 4.72. The fraction of sp³-hybridized carbons (Fsp3) is 0.524. The molecule has 0 saturated heterocycles. The summed E-state index contributed by atoms with van der Waals surface area (Å²) in [6.45, 7) is 10.7. The molecule has 148 valence electrons. The van der Waals surface area contributed by atoms with Crippen molar-refractivity contribution in [1.82, 2.24) is 25.3 Å². The van der Waals surface area contributed by atoms with Gasteiger partial charge >= 0.3 is 0 Å². The highest BCUT2D eigenvalue weighted by Gasteiger charge is 2.09. The second-order valence-electron chi connectivity index (χ2n) is 7.01. The number of nitrogens with zero attached hydrogens (tertiary/aromatic N) is 4. The fourth-order valence-corrected chi connectivity index (χ4v) is 2.83. The van der Waals surface area contributed by atoms with Gasteiger partial charge in [-0.15, -0.1) is 0 Å². The first-order valence-corrected chi connectivity index (χ1v) is 9.84. The maximum Gasteiger partial charge on any atom is 0.191 e. The maximum absolute atomic E-state index is 4.72. The summed E-state index contributed by atoms with van der Waals surface area (Å²) in [5, 5.41) is 11.0. The molecule has 0 aliphatic rings. The Morgan fingerprint density at radius 2 is 2.04 bits per heavy atom. The molecule has 1 heterocycles. The molecule has 0 bridgehead atoms. The lowest BCUT2D eigenvalue weighted by molar-refractivity contribution is 0.240. The third-order valence-corrected chi connectivity index (χ3v) is 4.58. The predicted octanol–water partition coefficient (Wildman–Crippen LogP) is 2.66. The zero-order chi connectivity index (χ0) is 19.5. The van der Waals surface area contributed by atoms with Crippen LogP contribution >= 0.6 is 0 Å². The smallest absolute Gasteiger partial charge is 0.191 e. The molecule has 0 aliphatic heterocycles. The predicted molar refractivity (Wildman–Crippen MR) is 113 cm³/mol. The van der Waals surface area contributed by atoms with Crippen molar-refractivity contribution in [2.45, 2.75) is 46.3 Å². The molecule has 27 heavy (non-hydrogen) atoms. The Labute approximate surface area is 163 Å². The standard InChI is InChI=1S/C21H34N6/c1-5-22-21(24-13-14-27-16-18(2)15-25-27)23-12-11-19(3)26(4)17-20-9-7-6-8-10-20/h6-10,15-16,19H,5,11-14,17H2,1-4H3,(H2,22,23,24). The molecule has 1 aromatic heterocycles. The van der Waals surface area contributed by atoms with E-state index in [4.69, 9.17) is 4.99 Å². The van der Waals surface area contributed by atoms with Crippen molar-refractivity contribution in [3.63, 3.8) is 0 Å². The summed E-state index contributed by atoms with van der Waals surface area (Å²) in [4.78, 5) is 7.10. The summed E-state index contributed by atoms with van der Waals surface area (Å²) < 4.78 is 1.95. The number of rotatable bonds is 10. The van der Waals surface area contributed by atoms with Gasteiger partial charge in [0, 0.05) is 38.4 Å². The van der Waals surface area contributed by atoms with Crippen molar-refractivity contribution < 1.29 is 0 Å². The van der Waals surface area contributed by atoms with E-state index in [9.17, 15) is 0 Å². The Balaban J connectivity index is 1.74. The Kier molecular flexibility index (Phi) is 8.84. The lowest BCUT2D eigenvalue weighted by Gasteiger charge is -2.24. The number of aryl methyl sites for hydroxylation is 1. The Morgan fingerprint density at radius 1 is 1.26 bits per heavy atom. The molecule has 2 rings (SSSR count). The quantitative estimate of drug-likeness (QED) is 0.499. The second kappa shape index (κ2) is 11.4. The van der Waals surface area contributed by atoms with Crippen LogP contribution in [0.2, 0.25) is 0 Å². The molecular weight excluding hydrogens is 336 g/mol. The van der Waals surface area contributed by atoms with Crippen LogP contribution in [-0.4, -0.2) is 53.4 Å². The van der Waals surface area contributed by atoms with E-state index in [0.29, 0.717) is 6.04 Å². The molecule has 0 radical (unpaired) electrons. The molecule has 1 aromatic carbocycles. The van der Waals surface area contributed by atoms with Crippen molar-refractivity contribution in [1.29, 1.82) is 0 Å². The average Bonchev–Trinajstić information content (AvgIpc) is 3.07. The van der Waals surface area contributed by atoms with Gasteiger partial charge in [0.1, 0.15) is 0 Å². The minimum Gasteiger partial charge on any atom is -0.357 e. The largest absolute Gasteiger partial charge is 0.357 e. The number of nitrogens with one attached hydrogen (secondary N) is 2. The molecule has 2 N–H and O–H groups in total. The van der Waals surface area contributed by atoms with Crippen LogP contribution in [0.3, 0.4) is 0 Å². The van der Waals surface area contributed by atoms with Gasteiger partial charge in [-0.3, -0.25) is 14.6 Å². The van der Waals surface area contributed by atoms with Crippen LogP contribution in [0, 0.1) is 6.92 Å². The summed E-state index contributed by atoms with van der Waals surface area (Å²) >= 11 is 0. The molecule has 2 aromatic rings. The normalized spacial score (nSPS) is 13.0. The molecular formula is C21H34N6. The van der Waals surface area contributed by atoms with Crippen LogP contribution in [0.4, 0.5) is 0 Å². The van der Waals surface area contributed by atoms with Crippen molar-refractivity contribution in [2.75, 3.05) is 26.7 Å². The Hall–Kier alpha value is -2.34. The zero-order valence-corrected chi connectivity index (χ0v) is 17.2. The minimum absolute atomic E-state index is 0.476. The topological polar surface area (TPSA) is 57.5 Å². The molecule has 0 saturated carbocycles. The third kappa shape index (κ3) is 7.83. The fourth-order valence-electron chi connectivity index (χ4n) is 2.83. The summed E-state index contributed by atoms with van der Waals surface area (Å²) in [5.74, 6) is 0.874. The SMILES string of the molecule is CCNC(=NCCC(C)N(C)Cc1ccccc1)NCCn1cc(C)cn1. The van der Waals surface area contributed by atoms with E-state index in [1.165, 1.54) is 11.1 Å². The monoisotopic (exact) mass is 370 g/mol. The Morgan fingerprint density at radius 3 is 2.70 bits per heavy atom. The van der Waals surface area contributed by atoms with E-state index in [0.717, 1.165) is 45.1 Å². The number of aromatic nitrogens is 2. The first-order valence-electron chi connectivity index (χ1n) is 9.84. The second-order valence-corrected chi connectivity index (χ2v) is 7.01. The van der Waals surface area contributed by atoms with E-state index >= 15 is 0 Å². The minimum atomic E-state index is 0.476. The van der Waals surface area contributed by atoms with Gasteiger partial charge in [-0.2, -0.15) is 5.10 Å². The van der Waals surface area contributed by atoms with Crippen LogP contribution in [0.5, 0.6) is 0 Å². The van der Waals surface area contributed by atoms with Crippen LogP contribution in [-0.2, 0) is 13.1 Å². The molecule has 1 atom stereocenters. The average molecular weight is 371 g/mol. The highest BCUT2D eigenvalue weighted by Crippen LogP contribution is 2.08. The van der Waals surface area contributed by atoms with Crippen LogP contribution in [0.1, 0.15) is 31.4 Å². The van der Waals surface area contributed by atoms with Gasteiger partial charge in [0.05, 0.1) is 12.7 Å². The highest BCUT2D eigenvalue weighted by atomic mass is 15.3. The third-order valence-electron chi connectivity index (χ3n) is 4.58. The lowest BCUT2D eigenvalue weighted by Crippen LogP contribution is -2.39. The number of hydrogen-bond donors (Lipinski definition) is 2. The number of guanidine groups is 1. The van der Waals surface area contributed by atoms with Gasteiger partial charge in [-0.05, 0) is 45.4 Å². The number of aliphatic imine (C=N–C) groups is 1. The highest BCUT2D eigenvalue weighted by molar-refractivity contribution is 5.79. The van der Waals surface area contributed by atoms with Crippen molar-refractivity contribution >= 4 is 5.96 Å². The van der Waals surface area contributed by atoms with Crippen molar-refractivity contribution in [2.24, 2.45) is 4.99 Å². The van der Waals surface area contributed by atoms with Crippen molar-refractivity contribution in [3.05, 3.63) is 53.9 Å². The lowest BCUT2D eigenvalue weighted by atomic mass is 10.1. The van der Waals surface area contributed by atoms with Crippen molar-refractivity contribution in [3.8, 4) is 0 Å². The van der Waals surface area contributed by atoms with E-state index in [1.807, 2.05) is 10.9 Å². The molecule has 0 spiro atoms. The van der Waals surface area contributed by atoms with Gasteiger partial charge in [-0.1, -0.05) is 30.3 Å². The molecule has 6 heteroatoms. The first-order chi connectivity index (χ1) is 13.1. The van der Waals surface area contributed by atoms with Gasteiger partial charge in [0.2, 0.25) is 0 Å². The molecule has 0 aliphatic carbocycles. The van der Waals surface area contributed by atoms with E-state index in [-0.39, 0.29) is 0 Å². The van der Waals surface area contributed by atoms with E-state index < -0.39 is 0 Å². The summed E-state index contributed by atoms with van der Waals surface area (Å²) in [6.07, 6.45) is 4.96. The number of hydrogen-bond acceptors (Lipinski definition) is 3. The molecule has 6 nitrogen and oxygen atoms in total. The number of benzene rings is 1.